The molecule has 1 amide bonds. The van der Waals surface area contributed by atoms with Crippen molar-refractivity contribution in [3.8, 4) is 0 Å². The fourth-order valence-electron chi connectivity index (χ4n) is 2.10. The molecule has 1 aromatic heterocycles. The summed E-state index contributed by atoms with van der Waals surface area (Å²) in [5, 5.41) is 3.38. The molecule has 0 unspecified atom stereocenters. The summed E-state index contributed by atoms with van der Waals surface area (Å²) in [7, 11) is 7.73. The quantitative estimate of drug-likeness (QED) is 0.775. The standard InChI is InChI=1S/C16H31N5O2/c1-16(2,3)23-15(22)20(6)10-8-9-17-11-13-12-18-14(19(4)5)21(13)7/h12,17H,8-11H2,1-7H3. The lowest BCUT2D eigenvalue weighted by Gasteiger charge is -2.24. The largest absolute Gasteiger partial charge is 0.444 e. The summed E-state index contributed by atoms with van der Waals surface area (Å²) in [6, 6.07) is 0. The number of nitrogens with one attached hydrogen (secondary N) is 1. The zero-order valence-electron chi connectivity index (χ0n) is 15.5. The van der Waals surface area contributed by atoms with Crippen molar-refractivity contribution in [2.45, 2.75) is 39.3 Å². The van der Waals surface area contributed by atoms with Gasteiger partial charge in [-0.1, -0.05) is 0 Å². The van der Waals surface area contributed by atoms with Crippen LogP contribution in [0.15, 0.2) is 6.20 Å². The molecule has 1 rings (SSSR count). The van der Waals surface area contributed by atoms with E-state index in [1.165, 1.54) is 0 Å². The van der Waals surface area contributed by atoms with E-state index in [-0.39, 0.29) is 6.09 Å². The van der Waals surface area contributed by atoms with Crippen molar-refractivity contribution in [2.24, 2.45) is 7.05 Å². The Balaban J connectivity index is 2.27. The Morgan fingerprint density at radius 3 is 2.52 bits per heavy atom. The first-order valence-corrected chi connectivity index (χ1v) is 7.94. The molecule has 1 heterocycles. The van der Waals surface area contributed by atoms with Crippen molar-refractivity contribution in [3.05, 3.63) is 11.9 Å². The lowest BCUT2D eigenvalue weighted by Crippen LogP contribution is -2.35. The minimum atomic E-state index is -0.451. The molecule has 0 aliphatic rings. The minimum Gasteiger partial charge on any atom is -0.444 e. The van der Waals surface area contributed by atoms with Crippen molar-refractivity contribution in [1.82, 2.24) is 19.8 Å². The first kappa shape index (κ1) is 19.3. The van der Waals surface area contributed by atoms with Crippen molar-refractivity contribution < 1.29 is 9.53 Å². The van der Waals surface area contributed by atoms with Gasteiger partial charge in [-0.25, -0.2) is 9.78 Å². The lowest BCUT2D eigenvalue weighted by molar-refractivity contribution is 0.0297. The molecule has 0 saturated heterocycles. The number of nitrogens with zero attached hydrogens (tertiary/aromatic N) is 4. The van der Waals surface area contributed by atoms with Gasteiger partial charge in [0.1, 0.15) is 5.60 Å². The van der Waals surface area contributed by atoms with E-state index < -0.39 is 5.60 Å². The number of aromatic nitrogens is 2. The Morgan fingerprint density at radius 2 is 2.00 bits per heavy atom. The van der Waals surface area contributed by atoms with Gasteiger partial charge in [0.2, 0.25) is 5.95 Å². The van der Waals surface area contributed by atoms with Crippen molar-refractivity contribution in [3.63, 3.8) is 0 Å². The molecule has 0 aromatic carbocycles. The van der Waals surface area contributed by atoms with Crippen LogP contribution in [0.25, 0.3) is 0 Å². The van der Waals surface area contributed by atoms with Crippen LogP contribution in [0.1, 0.15) is 32.9 Å². The highest BCUT2D eigenvalue weighted by Crippen LogP contribution is 2.11. The Kier molecular flexibility index (Phi) is 6.87. The van der Waals surface area contributed by atoms with Gasteiger partial charge in [0.15, 0.2) is 0 Å². The first-order valence-electron chi connectivity index (χ1n) is 7.94. The number of anilines is 1. The predicted octanol–water partition coefficient (Wildman–Crippen LogP) is 1.83. The zero-order chi connectivity index (χ0) is 17.6. The highest BCUT2D eigenvalue weighted by Gasteiger charge is 2.19. The molecule has 0 aliphatic heterocycles. The Hall–Kier alpha value is -1.76. The van der Waals surface area contributed by atoms with E-state index in [0.717, 1.165) is 31.2 Å². The SMILES string of the molecule is CN(CCCNCc1cnc(N(C)C)n1C)C(=O)OC(C)(C)C. The first-order chi connectivity index (χ1) is 10.6. The molecule has 0 aliphatic carbocycles. The average Bonchev–Trinajstić information content (AvgIpc) is 2.77. The van der Waals surface area contributed by atoms with Gasteiger partial charge in [-0.05, 0) is 33.7 Å². The summed E-state index contributed by atoms with van der Waals surface area (Å²) in [5.74, 6) is 0.937. The molecule has 7 heteroatoms. The second-order valence-corrected chi connectivity index (χ2v) is 6.94. The van der Waals surface area contributed by atoms with E-state index in [1.54, 1.807) is 11.9 Å². The molecule has 0 saturated carbocycles. The van der Waals surface area contributed by atoms with E-state index in [9.17, 15) is 4.79 Å². The third-order valence-corrected chi connectivity index (χ3v) is 3.32. The van der Waals surface area contributed by atoms with E-state index in [1.807, 2.05) is 53.0 Å². The van der Waals surface area contributed by atoms with Gasteiger partial charge in [-0.3, -0.25) is 0 Å². The molecule has 1 aromatic rings. The Bertz CT molecular complexity index is 505. The summed E-state index contributed by atoms with van der Waals surface area (Å²) < 4.78 is 7.39. The number of hydrogen-bond donors (Lipinski definition) is 1. The third-order valence-electron chi connectivity index (χ3n) is 3.32. The van der Waals surface area contributed by atoms with Gasteiger partial charge < -0.3 is 24.4 Å². The maximum Gasteiger partial charge on any atom is 0.410 e. The van der Waals surface area contributed by atoms with E-state index in [2.05, 4.69) is 14.9 Å². The van der Waals surface area contributed by atoms with E-state index >= 15 is 0 Å². The monoisotopic (exact) mass is 325 g/mol. The fourth-order valence-corrected chi connectivity index (χ4v) is 2.10. The van der Waals surface area contributed by atoms with Crippen LogP contribution in [0.3, 0.4) is 0 Å². The maximum atomic E-state index is 11.8. The molecule has 1 N–H and O–H groups in total. The zero-order valence-corrected chi connectivity index (χ0v) is 15.5. The molecule has 0 radical (unpaired) electrons. The van der Waals surface area contributed by atoms with E-state index in [4.69, 9.17) is 4.74 Å². The van der Waals surface area contributed by atoms with Crippen molar-refractivity contribution in [1.29, 1.82) is 0 Å². The molecule has 132 valence electrons. The van der Waals surface area contributed by atoms with Gasteiger partial charge in [-0.2, -0.15) is 0 Å². The number of carbonyl (C=O) groups is 1. The van der Waals surface area contributed by atoms with Crippen molar-refractivity contribution in [2.75, 3.05) is 39.1 Å². The smallest absolute Gasteiger partial charge is 0.410 e. The number of rotatable bonds is 7. The van der Waals surface area contributed by atoms with Crippen LogP contribution in [0.2, 0.25) is 0 Å². The fraction of sp³-hybridized carbons (Fsp3) is 0.750. The van der Waals surface area contributed by atoms with Crippen LogP contribution >= 0.6 is 0 Å². The molecule has 7 nitrogen and oxygen atoms in total. The van der Waals surface area contributed by atoms with Gasteiger partial charge >= 0.3 is 6.09 Å². The van der Waals surface area contributed by atoms with Gasteiger partial charge in [-0.15, -0.1) is 0 Å². The van der Waals surface area contributed by atoms with Gasteiger partial charge in [0.25, 0.3) is 0 Å². The molecule has 0 bridgehead atoms. The van der Waals surface area contributed by atoms with Crippen molar-refractivity contribution >= 4 is 12.0 Å². The molecular formula is C16H31N5O2. The summed E-state index contributed by atoms with van der Waals surface area (Å²) in [6.45, 7) is 7.86. The van der Waals surface area contributed by atoms with Crippen LogP contribution in [0.4, 0.5) is 10.7 Å². The van der Waals surface area contributed by atoms with Gasteiger partial charge in [0.05, 0.1) is 11.9 Å². The molecule has 0 fully saturated rings. The second-order valence-electron chi connectivity index (χ2n) is 6.94. The number of imidazole rings is 1. The topological polar surface area (TPSA) is 62.6 Å². The van der Waals surface area contributed by atoms with Crippen LogP contribution in [0.5, 0.6) is 0 Å². The molecule has 23 heavy (non-hydrogen) atoms. The third kappa shape index (κ3) is 6.48. The maximum absolute atomic E-state index is 11.8. The summed E-state index contributed by atoms with van der Waals surface area (Å²) in [6.07, 6.45) is 2.48. The Labute approximate surface area is 139 Å². The highest BCUT2D eigenvalue weighted by atomic mass is 16.6. The minimum absolute atomic E-state index is 0.278. The number of ether oxygens (including phenoxy) is 1. The predicted molar refractivity (Wildman–Crippen MR) is 92.7 cm³/mol. The summed E-state index contributed by atoms with van der Waals surface area (Å²) >= 11 is 0. The van der Waals surface area contributed by atoms with Gasteiger partial charge in [0, 0.05) is 41.3 Å². The van der Waals surface area contributed by atoms with Crippen LogP contribution in [-0.2, 0) is 18.3 Å². The molecular weight excluding hydrogens is 294 g/mol. The number of hydrogen-bond acceptors (Lipinski definition) is 5. The van der Waals surface area contributed by atoms with Crippen LogP contribution in [0, 0.1) is 0 Å². The lowest BCUT2D eigenvalue weighted by atomic mass is 10.2. The van der Waals surface area contributed by atoms with Crippen LogP contribution in [-0.4, -0.2) is 60.4 Å². The normalized spacial score (nSPS) is 11.4. The summed E-state index contributed by atoms with van der Waals surface area (Å²) in [4.78, 5) is 19.8. The second kappa shape index (κ2) is 8.19. The average molecular weight is 325 g/mol. The molecule has 0 spiro atoms. The Morgan fingerprint density at radius 1 is 1.35 bits per heavy atom. The summed E-state index contributed by atoms with van der Waals surface area (Å²) in [5.41, 5.74) is 0.682. The number of amides is 1. The van der Waals surface area contributed by atoms with Crippen LogP contribution < -0.4 is 10.2 Å². The molecule has 0 atom stereocenters. The number of carbonyl (C=O) groups excluding carboxylic acids is 1. The van der Waals surface area contributed by atoms with E-state index in [0.29, 0.717) is 6.54 Å². The highest BCUT2D eigenvalue weighted by molar-refractivity contribution is 5.67.